The summed E-state index contributed by atoms with van der Waals surface area (Å²) < 4.78 is 41.5. The number of hydrogen-bond donors (Lipinski definition) is 1. The van der Waals surface area contributed by atoms with Crippen molar-refractivity contribution in [3.63, 3.8) is 0 Å². The van der Waals surface area contributed by atoms with Crippen LogP contribution >= 0.6 is 0 Å². The lowest BCUT2D eigenvalue weighted by Gasteiger charge is -2.38. The second kappa shape index (κ2) is 10.5. The van der Waals surface area contributed by atoms with E-state index in [9.17, 15) is 18.0 Å². The first-order valence-electron chi connectivity index (χ1n) is 10.9. The number of alkyl halides is 3. The number of carbonyl (C=O) groups excluding carboxylic acids is 1. The molecule has 1 aromatic rings. The van der Waals surface area contributed by atoms with Crippen molar-refractivity contribution < 1.29 is 18.0 Å². The fourth-order valence-corrected chi connectivity index (χ4v) is 4.03. The van der Waals surface area contributed by atoms with Gasteiger partial charge in [0.05, 0.1) is 0 Å². The number of nitrogens with one attached hydrogen (secondary N) is 1. The molecule has 1 aromatic carbocycles. The van der Waals surface area contributed by atoms with Crippen molar-refractivity contribution >= 4 is 5.91 Å². The number of unbranched alkanes of at least 4 members (excludes halogenated alkanes) is 7. The molecule has 0 aliphatic carbocycles. The third kappa shape index (κ3) is 7.02. The van der Waals surface area contributed by atoms with Gasteiger partial charge in [0.25, 0.3) is 0 Å². The maximum absolute atomic E-state index is 13.8. The molecule has 0 saturated carbocycles. The minimum Gasteiger partial charge on any atom is -0.287 e. The second-order valence-corrected chi connectivity index (χ2v) is 8.80. The van der Waals surface area contributed by atoms with Gasteiger partial charge in [-0.05, 0) is 37.8 Å². The van der Waals surface area contributed by atoms with Gasteiger partial charge in [-0.1, -0.05) is 76.1 Å². The zero-order valence-electron chi connectivity index (χ0n) is 17.9. The van der Waals surface area contributed by atoms with Gasteiger partial charge in [-0.2, -0.15) is 18.2 Å². The molecular weight excluding hydrogens is 377 g/mol. The molecule has 0 radical (unpaired) electrons. The van der Waals surface area contributed by atoms with E-state index in [2.05, 4.69) is 12.3 Å². The van der Waals surface area contributed by atoms with Gasteiger partial charge < -0.3 is 0 Å². The van der Waals surface area contributed by atoms with E-state index < -0.39 is 17.8 Å². The maximum Gasteiger partial charge on any atom is 0.409 e. The SMILES string of the molecule is CCCCCCCCCCc1ccc(C(N2NC(=O)CC2(C)C)C(F)(F)F)cc1. The molecule has 1 unspecified atom stereocenters. The van der Waals surface area contributed by atoms with E-state index in [1.807, 2.05) is 0 Å². The molecule has 29 heavy (non-hydrogen) atoms. The predicted molar refractivity (Wildman–Crippen MR) is 110 cm³/mol. The highest BCUT2D eigenvalue weighted by atomic mass is 19.4. The fourth-order valence-electron chi connectivity index (χ4n) is 4.03. The van der Waals surface area contributed by atoms with Crippen LogP contribution in [0.2, 0.25) is 0 Å². The van der Waals surface area contributed by atoms with Gasteiger partial charge in [-0.25, -0.2) is 0 Å². The topological polar surface area (TPSA) is 32.3 Å². The molecule has 1 aliphatic heterocycles. The van der Waals surface area contributed by atoms with Gasteiger partial charge in [0.15, 0.2) is 6.04 Å². The molecule has 0 aromatic heterocycles. The molecule has 164 valence electrons. The molecule has 1 N–H and O–H groups in total. The van der Waals surface area contributed by atoms with Crippen molar-refractivity contribution in [2.75, 3.05) is 0 Å². The maximum atomic E-state index is 13.8. The monoisotopic (exact) mass is 412 g/mol. The number of nitrogens with zero attached hydrogens (tertiary/aromatic N) is 1. The Morgan fingerprint density at radius 3 is 2.03 bits per heavy atom. The Morgan fingerprint density at radius 1 is 1.00 bits per heavy atom. The number of hydrazine groups is 1. The van der Waals surface area contributed by atoms with E-state index in [-0.39, 0.29) is 17.9 Å². The number of benzene rings is 1. The van der Waals surface area contributed by atoms with E-state index in [0.717, 1.165) is 29.8 Å². The first-order valence-corrected chi connectivity index (χ1v) is 10.9. The molecule has 0 spiro atoms. The van der Waals surface area contributed by atoms with E-state index in [0.29, 0.717) is 0 Å². The summed E-state index contributed by atoms with van der Waals surface area (Å²) in [4.78, 5) is 11.7. The summed E-state index contributed by atoms with van der Waals surface area (Å²) in [5.41, 5.74) is 2.73. The van der Waals surface area contributed by atoms with Gasteiger partial charge in [-0.3, -0.25) is 10.2 Å². The fraction of sp³-hybridized carbons (Fsp3) is 0.696. The van der Waals surface area contributed by atoms with Crippen molar-refractivity contribution in [3.05, 3.63) is 35.4 Å². The molecule has 6 heteroatoms. The number of halogens is 3. The molecule has 1 fully saturated rings. The van der Waals surface area contributed by atoms with Crippen molar-refractivity contribution in [3.8, 4) is 0 Å². The summed E-state index contributed by atoms with van der Waals surface area (Å²) in [5, 5.41) is 1.06. The van der Waals surface area contributed by atoms with Crippen LogP contribution in [0.4, 0.5) is 13.2 Å². The van der Waals surface area contributed by atoms with Gasteiger partial charge in [-0.15, -0.1) is 0 Å². The smallest absolute Gasteiger partial charge is 0.287 e. The summed E-state index contributed by atoms with van der Waals surface area (Å²) in [6.07, 6.45) is 6.35. The number of amides is 1. The summed E-state index contributed by atoms with van der Waals surface area (Å²) in [6.45, 7) is 5.52. The van der Waals surface area contributed by atoms with Crippen molar-refractivity contribution in [1.29, 1.82) is 0 Å². The Hall–Kier alpha value is -1.56. The van der Waals surface area contributed by atoms with Crippen LogP contribution in [0, 0.1) is 0 Å². The Labute approximate surface area is 173 Å². The first-order chi connectivity index (χ1) is 13.6. The molecule has 2 rings (SSSR count). The number of aryl methyl sites for hydroxylation is 1. The highest BCUT2D eigenvalue weighted by Crippen LogP contribution is 2.42. The molecule has 1 amide bonds. The van der Waals surface area contributed by atoms with Crippen LogP contribution in [0.3, 0.4) is 0 Å². The van der Waals surface area contributed by atoms with Crippen molar-refractivity contribution in [2.24, 2.45) is 0 Å². The highest BCUT2D eigenvalue weighted by molar-refractivity contribution is 5.79. The number of carbonyl (C=O) groups is 1. The van der Waals surface area contributed by atoms with E-state index in [1.54, 1.807) is 38.1 Å². The van der Waals surface area contributed by atoms with E-state index in [4.69, 9.17) is 0 Å². The third-order valence-electron chi connectivity index (χ3n) is 5.67. The van der Waals surface area contributed by atoms with Crippen LogP contribution in [-0.4, -0.2) is 22.6 Å². The zero-order chi connectivity index (χ0) is 21.5. The third-order valence-corrected chi connectivity index (χ3v) is 5.67. The molecule has 1 saturated heterocycles. The normalized spacial score (nSPS) is 18.1. The van der Waals surface area contributed by atoms with E-state index >= 15 is 0 Å². The minimum absolute atomic E-state index is 0.0517. The van der Waals surface area contributed by atoms with E-state index in [1.165, 1.54) is 38.5 Å². The quantitative estimate of drug-likeness (QED) is 0.421. The van der Waals surface area contributed by atoms with Gasteiger partial charge >= 0.3 is 6.18 Å². The predicted octanol–water partition coefficient (Wildman–Crippen LogP) is 6.49. The average Bonchev–Trinajstić information content (AvgIpc) is 2.89. The molecule has 1 atom stereocenters. The largest absolute Gasteiger partial charge is 0.409 e. The Bertz CT molecular complexity index is 641. The Balaban J connectivity index is 1.92. The Morgan fingerprint density at radius 2 is 1.55 bits per heavy atom. The van der Waals surface area contributed by atoms with Crippen LogP contribution in [-0.2, 0) is 11.2 Å². The van der Waals surface area contributed by atoms with Crippen LogP contribution < -0.4 is 5.43 Å². The van der Waals surface area contributed by atoms with Gasteiger partial charge in [0, 0.05) is 12.0 Å². The minimum atomic E-state index is -4.48. The van der Waals surface area contributed by atoms with Crippen LogP contribution in [0.1, 0.15) is 95.7 Å². The zero-order valence-corrected chi connectivity index (χ0v) is 17.9. The lowest BCUT2D eigenvalue weighted by Crippen LogP contribution is -2.51. The van der Waals surface area contributed by atoms with Gasteiger partial charge in [0.2, 0.25) is 5.91 Å². The summed E-state index contributed by atoms with van der Waals surface area (Å²) in [5.74, 6) is -0.379. The second-order valence-electron chi connectivity index (χ2n) is 8.80. The lowest BCUT2D eigenvalue weighted by atomic mass is 9.96. The van der Waals surface area contributed by atoms with Crippen LogP contribution in [0.15, 0.2) is 24.3 Å². The number of hydrogen-bond acceptors (Lipinski definition) is 2. The van der Waals surface area contributed by atoms with Crippen molar-refractivity contribution in [2.45, 2.75) is 103 Å². The summed E-state index contributed by atoms with van der Waals surface area (Å²) >= 11 is 0. The standard InChI is InChI=1S/C23H35F3N2O/c1-4-5-6-7-8-9-10-11-12-18-13-15-19(16-14-18)21(23(24,25)26)28-22(2,3)17-20(29)27-28/h13-16,21H,4-12,17H2,1-3H3,(H,27,29). The molecule has 1 aliphatic rings. The van der Waals surface area contributed by atoms with Crippen molar-refractivity contribution in [1.82, 2.24) is 10.4 Å². The average molecular weight is 413 g/mol. The molecule has 1 heterocycles. The van der Waals surface area contributed by atoms with Crippen LogP contribution in [0.25, 0.3) is 0 Å². The van der Waals surface area contributed by atoms with Gasteiger partial charge in [0.1, 0.15) is 0 Å². The highest BCUT2D eigenvalue weighted by Gasteiger charge is 2.52. The molecule has 0 bridgehead atoms. The lowest BCUT2D eigenvalue weighted by molar-refractivity contribution is -0.203. The molecular formula is C23H35F3N2O. The summed E-state index contributed by atoms with van der Waals surface area (Å²) in [7, 11) is 0. The number of rotatable bonds is 11. The van der Waals surface area contributed by atoms with Crippen LogP contribution in [0.5, 0.6) is 0 Å². The molecule has 3 nitrogen and oxygen atoms in total. The summed E-state index contributed by atoms with van der Waals surface area (Å²) in [6, 6.07) is 4.85. The Kier molecular flexibility index (Phi) is 8.56. The first kappa shape index (κ1) is 23.7.